The molecule has 2 aromatic heterocycles. The number of carbonyl (C=O) groups excluding carboxylic acids is 2. The Labute approximate surface area is 194 Å². The van der Waals surface area contributed by atoms with Gasteiger partial charge in [0.25, 0.3) is 5.91 Å². The highest BCUT2D eigenvalue weighted by molar-refractivity contribution is 5.95. The van der Waals surface area contributed by atoms with Crippen molar-refractivity contribution in [3.63, 3.8) is 0 Å². The number of piperidine rings is 1. The number of hydrogen-bond acceptors (Lipinski definition) is 4. The first-order valence-electron chi connectivity index (χ1n) is 11.6. The van der Waals surface area contributed by atoms with E-state index in [0.29, 0.717) is 25.2 Å². The summed E-state index contributed by atoms with van der Waals surface area (Å²) in [7, 11) is 1.78. The molecule has 3 heterocycles. The van der Waals surface area contributed by atoms with E-state index in [1.807, 2.05) is 48.2 Å². The number of fused-ring (bicyclic) bond motifs is 1. The highest BCUT2D eigenvalue weighted by atomic mass is 16.3. The number of nitrogens with zero attached hydrogens (tertiary/aromatic N) is 3. The Balaban J connectivity index is 1.27. The van der Waals surface area contributed by atoms with Crippen LogP contribution in [0.1, 0.15) is 63.3 Å². The van der Waals surface area contributed by atoms with Crippen LogP contribution >= 0.6 is 0 Å². The van der Waals surface area contributed by atoms with Gasteiger partial charge in [-0.2, -0.15) is 0 Å². The Kier molecular flexibility index (Phi) is 5.75. The number of pyridine rings is 1. The van der Waals surface area contributed by atoms with Crippen molar-refractivity contribution in [1.82, 2.24) is 14.8 Å². The molecule has 0 saturated carbocycles. The number of benzene rings is 1. The fraction of sp³-hybridized carbons (Fsp3) is 0.370. The first-order valence-corrected chi connectivity index (χ1v) is 11.6. The van der Waals surface area contributed by atoms with E-state index in [0.717, 1.165) is 36.4 Å². The summed E-state index contributed by atoms with van der Waals surface area (Å²) in [5.74, 6) is 1.09. The summed E-state index contributed by atoms with van der Waals surface area (Å²) in [4.78, 5) is 34.8. The molecule has 1 saturated heterocycles. The van der Waals surface area contributed by atoms with Crippen molar-refractivity contribution in [3.8, 4) is 0 Å². The Morgan fingerprint density at radius 3 is 2.61 bits per heavy atom. The van der Waals surface area contributed by atoms with Gasteiger partial charge in [-0.3, -0.25) is 14.6 Å². The van der Waals surface area contributed by atoms with Gasteiger partial charge >= 0.3 is 0 Å². The Morgan fingerprint density at radius 2 is 1.88 bits per heavy atom. The van der Waals surface area contributed by atoms with Crippen molar-refractivity contribution in [3.05, 3.63) is 88.6 Å². The van der Waals surface area contributed by atoms with Crippen LogP contribution < -0.4 is 0 Å². The molecule has 0 N–H and O–H groups in total. The predicted octanol–water partition coefficient (Wildman–Crippen LogP) is 4.30. The van der Waals surface area contributed by atoms with Gasteiger partial charge in [-0.05, 0) is 61.6 Å². The van der Waals surface area contributed by atoms with Gasteiger partial charge in [0.2, 0.25) is 5.91 Å². The molecule has 1 aliphatic carbocycles. The Morgan fingerprint density at radius 1 is 1.09 bits per heavy atom. The van der Waals surface area contributed by atoms with Crippen molar-refractivity contribution >= 4 is 11.8 Å². The first-order chi connectivity index (χ1) is 16.0. The lowest BCUT2D eigenvalue weighted by Crippen LogP contribution is -2.43. The number of hydrogen-bond donors (Lipinski definition) is 0. The molecule has 0 radical (unpaired) electrons. The monoisotopic (exact) mass is 443 g/mol. The zero-order chi connectivity index (χ0) is 22.9. The van der Waals surface area contributed by atoms with Crippen LogP contribution in [0, 0.1) is 6.92 Å². The highest BCUT2D eigenvalue weighted by Gasteiger charge is 2.36. The van der Waals surface area contributed by atoms with Gasteiger partial charge in [-0.25, -0.2) is 0 Å². The van der Waals surface area contributed by atoms with Gasteiger partial charge < -0.3 is 14.2 Å². The third-order valence-corrected chi connectivity index (χ3v) is 6.96. The van der Waals surface area contributed by atoms with Crippen molar-refractivity contribution in [2.75, 3.05) is 20.1 Å². The topological polar surface area (TPSA) is 66.7 Å². The van der Waals surface area contributed by atoms with Crippen LogP contribution in [0.5, 0.6) is 0 Å². The van der Waals surface area contributed by atoms with Crippen LogP contribution in [0.2, 0.25) is 0 Å². The number of furan rings is 1. The molecule has 2 amide bonds. The van der Waals surface area contributed by atoms with Crippen LogP contribution in [0.4, 0.5) is 0 Å². The molecule has 1 fully saturated rings. The van der Waals surface area contributed by atoms with Gasteiger partial charge in [0.05, 0.1) is 30.0 Å². The summed E-state index contributed by atoms with van der Waals surface area (Å²) in [6.45, 7) is 3.77. The second kappa shape index (κ2) is 8.85. The van der Waals surface area contributed by atoms with E-state index in [1.54, 1.807) is 18.2 Å². The number of rotatable bonds is 5. The SMILES string of the molecule is Cc1ccc(C(=O)N(C)Cc2ccco2)c(C2CCN(C(=O)C3Cc4ccccc43)CC2)n1. The number of aryl methyl sites for hydroxylation is 1. The van der Waals surface area contributed by atoms with E-state index in [-0.39, 0.29) is 23.7 Å². The standard InChI is InChI=1S/C27H29N3O3/c1-18-9-10-23(26(31)29(2)17-21-7-5-15-33-21)25(28-18)19-11-13-30(14-12-19)27(32)24-16-20-6-3-4-8-22(20)24/h3-10,15,19,24H,11-14,16-17H2,1-2H3. The van der Waals surface area contributed by atoms with E-state index in [9.17, 15) is 9.59 Å². The molecule has 6 heteroatoms. The molecule has 1 atom stereocenters. The highest BCUT2D eigenvalue weighted by Crippen LogP contribution is 2.38. The number of carbonyl (C=O) groups is 2. The van der Waals surface area contributed by atoms with Crippen LogP contribution in [-0.2, 0) is 17.8 Å². The minimum atomic E-state index is -0.0570. The van der Waals surface area contributed by atoms with E-state index < -0.39 is 0 Å². The van der Waals surface area contributed by atoms with Crippen LogP contribution in [0.25, 0.3) is 0 Å². The maximum atomic E-state index is 13.3. The zero-order valence-electron chi connectivity index (χ0n) is 19.2. The predicted molar refractivity (Wildman–Crippen MR) is 125 cm³/mol. The number of aromatic nitrogens is 1. The van der Waals surface area contributed by atoms with Gasteiger partial charge in [-0.1, -0.05) is 24.3 Å². The third kappa shape index (κ3) is 4.17. The van der Waals surface area contributed by atoms with E-state index in [1.165, 1.54) is 11.1 Å². The average Bonchev–Trinajstić information content (AvgIpc) is 3.32. The average molecular weight is 444 g/mol. The fourth-order valence-electron chi connectivity index (χ4n) is 5.06. The second-order valence-electron chi connectivity index (χ2n) is 9.18. The molecular weight excluding hydrogens is 414 g/mol. The molecule has 0 spiro atoms. The van der Waals surface area contributed by atoms with Gasteiger partial charge in [0.1, 0.15) is 5.76 Å². The van der Waals surface area contributed by atoms with Gasteiger partial charge in [0.15, 0.2) is 0 Å². The molecule has 170 valence electrons. The molecule has 6 nitrogen and oxygen atoms in total. The summed E-state index contributed by atoms with van der Waals surface area (Å²) >= 11 is 0. The Bertz CT molecular complexity index is 1160. The normalized spacial score (nSPS) is 17.9. The van der Waals surface area contributed by atoms with Gasteiger partial charge in [-0.15, -0.1) is 0 Å². The van der Waals surface area contributed by atoms with E-state index >= 15 is 0 Å². The Hall–Kier alpha value is -3.41. The van der Waals surface area contributed by atoms with E-state index in [4.69, 9.17) is 9.40 Å². The summed E-state index contributed by atoms with van der Waals surface area (Å²) in [5, 5.41) is 0. The largest absolute Gasteiger partial charge is 0.467 e. The van der Waals surface area contributed by atoms with Crippen molar-refractivity contribution in [2.24, 2.45) is 0 Å². The van der Waals surface area contributed by atoms with Crippen molar-refractivity contribution in [2.45, 2.75) is 44.6 Å². The van der Waals surface area contributed by atoms with Crippen LogP contribution in [-0.4, -0.2) is 46.7 Å². The lowest BCUT2D eigenvalue weighted by molar-refractivity contribution is -0.134. The van der Waals surface area contributed by atoms with E-state index in [2.05, 4.69) is 12.1 Å². The molecule has 0 bridgehead atoms. The van der Waals surface area contributed by atoms with Gasteiger partial charge in [0, 0.05) is 31.7 Å². The molecule has 3 aromatic rings. The third-order valence-electron chi connectivity index (χ3n) is 6.96. The van der Waals surface area contributed by atoms with Crippen molar-refractivity contribution < 1.29 is 14.0 Å². The molecular formula is C27H29N3O3. The second-order valence-corrected chi connectivity index (χ2v) is 9.18. The lowest BCUT2D eigenvalue weighted by atomic mass is 9.76. The molecule has 1 aromatic carbocycles. The summed E-state index contributed by atoms with van der Waals surface area (Å²) in [6, 6.07) is 15.7. The molecule has 1 aliphatic heterocycles. The van der Waals surface area contributed by atoms with Crippen LogP contribution in [0.15, 0.2) is 59.2 Å². The number of amides is 2. The molecule has 2 aliphatic rings. The summed E-state index contributed by atoms with van der Waals surface area (Å²) < 4.78 is 5.40. The lowest BCUT2D eigenvalue weighted by Gasteiger charge is -2.38. The zero-order valence-corrected chi connectivity index (χ0v) is 19.2. The van der Waals surface area contributed by atoms with Crippen molar-refractivity contribution in [1.29, 1.82) is 0 Å². The smallest absolute Gasteiger partial charge is 0.255 e. The summed E-state index contributed by atoms with van der Waals surface area (Å²) in [6.07, 6.45) is 4.09. The maximum Gasteiger partial charge on any atom is 0.255 e. The fourth-order valence-corrected chi connectivity index (χ4v) is 5.06. The summed E-state index contributed by atoms with van der Waals surface area (Å²) in [5.41, 5.74) is 4.87. The minimum absolute atomic E-state index is 0.00207. The maximum absolute atomic E-state index is 13.3. The van der Waals surface area contributed by atoms with Crippen LogP contribution in [0.3, 0.4) is 0 Å². The minimum Gasteiger partial charge on any atom is -0.467 e. The molecule has 1 unspecified atom stereocenters. The first kappa shape index (κ1) is 21.4. The quantitative estimate of drug-likeness (QED) is 0.590. The molecule has 5 rings (SSSR count). The molecule has 33 heavy (non-hydrogen) atoms. The number of likely N-dealkylation sites (tertiary alicyclic amines) is 1.